The number of methoxy groups -OCH3 is 1. The molecule has 1 aliphatic carbocycles. The van der Waals surface area contributed by atoms with Gasteiger partial charge >= 0.3 is 0 Å². The van der Waals surface area contributed by atoms with Crippen molar-refractivity contribution < 1.29 is 9.53 Å². The van der Waals surface area contributed by atoms with Gasteiger partial charge in [-0.3, -0.25) is 4.79 Å². The third kappa shape index (κ3) is 4.27. The van der Waals surface area contributed by atoms with Gasteiger partial charge in [-0.25, -0.2) is 0 Å². The Balaban J connectivity index is 1.57. The monoisotopic (exact) mass is 529 g/mol. The van der Waals surface area contributed by atoms with E-state index in [-0.39, 0.29) is 5.91 Å². The van der Waals surface area contributed by atoms with Crippen LogP contribution in [0.3, 0.4) is 0 Å². The van der Waals surface area contributed by atoms with Crippen LogP contribution in [0.15, 0.2) is 77.3 Å². The quantitative estimate of drug-likeness (QED) is 0.326. The van der Waals surface area contributed by atoms with Gasteiger partial charge in [0.2, 0.25) is 5.91 Å². The van der Waals surface area contributed by atoms with Crippen molar-refractivity contribution >= 4 is 45.1 Å². The minimum absolute atomic E-state index is 0.187. The van der Waals surface area contributed by atoms with Gasteiger partial charge in [-0.15, -0.1) is 0 Å². The van der Waals surface area contributed by atoms with Crippen LogP contribution in [0.1, 0.15) is 42.4 Å². The smallest absolute Gasteiger partial charge is 0.238 e. The Labute approximate surface area is 214 Å². The number of rotatable bonds is 7. The Morgan fingerprint density at radius 3 is 2.49 bits per heavy atom. The van der Waals surface area contributed by atoms with Crippen molar-refractivity contribution in [3.8, 4) is 5.75 Å². The van der Waals surface area contributed by atoms with Crippen LogP contribution in [0, 0.1) is 5.41 Å². The van der Waals surface area contributed by atoms with Crippen LogP contribution >= 0.6 is 15.9 Å². The number of anilines is 2. The molecule has 0 atom stereocenters. The van der Waals surface area contributed by atoms with Gasteiger partial charge in [-0.05, 0) is 87.9 Å². The van der Waals surface area contributed by atoms with Crippen molar-refractivity contribution in [1.29, 1.82) is 5.41 Å². The van der Waals surface area contributed by atoms with Crippen molar-refractivity contribution in [2.45, 2.75) is 37.6 Å². The zero-order valence-corrected chi connectivity index (χ0v) is 21.3. The van der Waals surface area contributed by atoms with Gasteiger partial charge in [0, 0.05) is 22.1 Å². The Hall–Kier alpha value is -3.38. The van der Waals surface area contributed by atoms with Gasteiger partial charge in [-0.2, -0.15) is 0 Å². The first kappa shape index (κ1) is 23.4. The number of para-hydroxylation sites is 1. The van der Waals surface area contributed by atoms with E-state index in [9.17, 15) is 4.79 Å². The maximum Gasteiger partial charge on any atom is 0.238 e. The molecule has 1 spiro atoms. The first-order valence-electron chi connectivity index (χ1n) is 11.9. The number of nitrogens with one attached hydrogen (secondary N) is 2. The molecular weight excluding hydrogens is 502 g/mol. The fraction of sp³-hybridized carbons (Fsp3) is 0.241. The Bertz CT molecular complexity index is 1280. The second-order valence-corrected chi connectivity index (χ2v) is 9.98. The number of hydrogen-bond acceptors (Lipinski definition) is 4. The predicted molar refractivity (Wildman–Crippen MR) is 145 cm³/mol. The van der Waals surface area contributed by atoms with Gasteiger partial charge in [-0.1, -0.05) is 43.2 Å². The van der Waals surface area contributed by atoms with E-state index in [2.05, 4.69) is 27.3 Å². The van der Waals surface area contributed by atoms with E-state index in [0.29, 0.717) is 6.54 Å². The van der Waals surface area contributed by atoms with E-state index in [1.54, 1.807) is 13.2 Å². The lowest BCUT2D eigenvalue weighted by molar-refractivity contribution is -0.123. The number of benzene rings is 3. The zero-order valence-electron chi connectivity index (χ0n) is 19.7. The number of amides is 1. The molecule has 0 aromatic heterocycles. The minimum atomic E-state index is -0.483. The van der Waals surface area contributed by atoms with Gasteiger partial charge in [0.1, 0.15) is 5.75 Å². The molecule has 0 bridgehead atoms. The molecule has 5 nitrogen and oxygen atoms in total. The second-order valence-electron chi connectivity index (χ2n) is 9.12. The molecule has 3 aromatic carbocycles. The molecular formula is C29H28BrN3O2. The number of carbonyl (C=O) groups is 1. The Morgan fingerprint density at radius 2 is 1.83 bits per heavy atom. The molecule has 0 unspecified atom stereocenters. The number of allylic oxidation sites excluding steroid dienone is 1. The standard InChI is InChI=1S/C29H28BrN3O2/c1-35-23-11-9-20(10-12-23)19-33-27-24(29(28(33)34)14-5-6-15-29)17-21(18-25(27)30)26(13-16-31)32-22-7-3-2-4-8-22/h2-4,7-13,16-18,31-32H,5-6,14-15,19H2,1H3/b26-13-,31-16?. The molecule has 2 N–H and O–H groups in total. The molecule has 2 aliphatic rings. The fourth-order valence-electron chi connectivity index (χ4n) is 5.37. The fourth-order valence-corrected chi connectivity index (χ4v) is 6.04. The highest BCUT2D eigenvalue weighted by molar-refractivity contribution is 9.10. The van der Waals surface area contributed by atoms with Crippen LogP contribution < -0.4 is 15.0 Å². The summed E-state index contributed by atoms with van der Waals surface area (Å²) < 4.78 is 6.18. The number of ether oxygens (including phenoxy) is 1. The summed E-state index contributed by atoms with van der Waals surface area (Å²) in [5, 5.41) is 11.2. The van der Waals surface area contributed by atoms with Crippen LogP contribution in [0.2, 0.25) is 0 Å². The van der Waals surface area contributed by atoms with E-state index in [1.165, 1.54) is 6.21 Å². The van der Waals surface area contributed by atoms with Crippen molar-refractivity contribution in [3.05, 3.63) is 94.0 Å². The summed E-state index contributed by atoms with van der Waals surface area (Å²) in [7, 11) is 1.65. The lowest BCUT2D eigenvalue weighted by atomic mass is 9.79. The molecule has 1 aliphatic heterocycles. The topological polar surface area (TPSA) is 65.4 Å². The summed E-state index contributed by atoms with van der Waals surface area (Å²) in [4.78, 5) is 15.9. The second kappa shape index (κ2) is 9.70. The maximum absolute atomic E-state index is 14.0. The molecule has 1 fully saturated rings. The highest BCUT2D eigenvalue weighted by atomic mass is 79.9. The van der Waals surface area contributed by atoms with Crippen LogP contribution in [-0.4, -0.2) is 19.2 Å². The van der Waals surface area contributed by atoms with Crippen LogP contribution in [0.25, 0.3) is 5.70 Å². The van der Waals surface area contributed by atoms with E-state index >= 15 is 0 Å². The number of fused-ring (bicyclic) bond motifs is 2. The Morgan fingerprint density at radius 1 is 1.11 bits per heavy atom. The molecule has 178 valence electrons. The minimum Gasteiger partial charge on any atom is -0.497 e. The largest absolute Gasteiger partial charge is 0.497 e. The van der Waals surface area contributed by atoms with Crippen LogP contribution in [0.5, 0.6) is 5.75 Å². The zero-order chi connectivity index (χ0) is 24.4. The molecule has 0 saturated heterocycles. The third-order valence-corrected chi connectivity index (χ3v) is 7.68. The van der Waals surface area contributed by atoms with Crippen molar-refractivity contribution in [2.75, 3.05) is 17.3 Å². The molecule has 35 heavy (non-hydrogen) atoms. The van der Waals surface area contributed by atoms with Gasteiger partial charge in [0.15, 0.2) is 0 Å². The summed E-state index contributed by atoms with van der Waals surface area (Å²) in [6.07, 6.45) is 6.88. The van der Waals surface area contributed by atoms with Crippen LogP contribution in [-0.2, 0) is 16.8 Å². The predicted octanol–water partition coefficient (Wildman–Crippen LogP) is 6.92. The van der Waals surface area contributed by atoms with Gasteiger partial charge in [0.05, 0.1) is 24.8 Å². The summed E-state index contributed by atoms with van der Waals surface area (Å²) in [5.41, 5.74) is 5.35. The number of nitrogens with zero attached hydrogens (tertiary/aromatic N) is 1. The first-order valence-corrected chi connectivity index (χ1v) is 12.7. The molecule has 0 radical (unpaired) electrons. The first-order chi connectivity index (χ1) is 17.1. The number of halogens is 1. The van der Waals surface area contributed by atoms with E-state index in [0.717, 1.165) is 69.7 Å². The van der Waals surface area contributed by atoms with Crippen molar-refractivity contribution in [3.63, 3.8) is 0 Å². The lowest BCUT2D eigenvalue weighted by Gasteiger charge is -2.23. The highest BCUT2D eigenvalue weighted by Crippen LogP contribution is 2.54. The van der Waals surface area contributed by atoms with Gasteiger partial charge < -0.3 is 20.4 Å². The SMILES string of the molecule is COc1ccc(CN2C(=O)C3(CCCC3)c3cc(/C(=C/C=N)Nc4ccccc4)cc(Br)c32)cc1. The molecule has 5 rings (SSSR count). The summed E-state index contributed by atoms with van der Waals surface area (Å²) in [6, 6.07) is 22.0. The molecule has 6 heteroatoms. The maximum atomic E-state index is 14.0. The van der Waals surface area contributed by atoms with E-state index in [4.69, 9.17) is 10.1 Å². The molecule has 1 saturated carbocycles. The van der Waals surface area contributed by atoms with Crippen molar-refractivity contribution in [2.24, 2.45) is 0 Å². The average Bonchev–Trinajstić information content (AvgIpc) is 3.46. The third-order valence-electron chi connectivity index (χ3n) is 7.07. The van der Waals surface area contributed by atoms with E-state index < -0.39 is 5.41 Å². The number of hydrogen-bond donors (Lipinski definition) is 2. The van der Waals surface area contributed by atoms with Crippen molar-refractivity contribution in [1.82, 2.24) is 0 Å². The van der Waals surface area contributed by atoms with E-state index in [1.807, 2.05) is 65.6 Å². The molecule has 3 aromatic rings. The highest BCUT2D eigenvalue weighted by Gasteiger charge is 2.52. The summed E-state index contributed by atoms with van der Waals surface area (Å²) in [6.45, 7) is 0.515. The lowest BCUT2D eigenvalue weighted by Crippen LogP contribution is -2.38. The molecule has 1 heterocycles. The average molecular weight is 530 g/mol. The number of carbonyl (C=O) groups excluding carboxylic acids is 1. The summed E-state index contributed by atoms with van der Waals surface area (Å²) >= 11 is 3.81. The Kier molecular flexibility index (Phi) is 6.48. The summed E-state index contributed by atoms with van der Waals surface area (Å²) in [5.74, 6) is 0.990. The normalized spacial score (nSPS) is 16.5. The van der Waals surface area contributed by atoms with Gasteiger partial charge in [0.25, 0.3) is 0 Å². The van der Waals surface area contributed by atoms with Crippen LogP contribution in [0.4, 0.5) is 11.4 Å². The molecule has 1 amide bonds.